The Kier molecular flexibility index (Phi) is 3.97. The summed E-state index contributed by atoms with van der Waals surface area (Å²) < 4.78 is 9.54. The van der Waals surface area contributed by atoms with Crippen LogP contribution in [0.1, 0.15) is 32.2 Å². The molecule has 0 N–H and O–H groups in total. The van der Waals surface area contributed by atoms with Gasteiger partial charge in [-0.1, -0.05) is 0 Å². The van der Waals surface area contributed by atoms with Gasteiger partial charge in [-0.3, -0.25) is 0 Å². The van der Waals surface area contributed by atoms with E-state index in [1.165, 1.54) is 9.96 Å². The summed E-state index contributed by atoms with van der Waals surface area (Å²) in [7, 11) is 0. The zero-order chi connectivity index (χ0) is 15.8. The second-order valence-electron chi connectivity index (χ2n) is 6.71. The van der Waals surface area contributed by atoms with Crippen molar-refractivity contribution in [1.29, 1.82) is 0 Å². The molecule has 0 aliphatic rings. The van der Waals surface area contributed by atoms with Crippen molar-refractivity contribution in [3.63, 3.8) is 0 Å². The second-order valence-corrected chi connectivity index (χ2v) is 17.3. The van der Waals surface area contributed by atoms with Crippen LogP contribution >= 0.6 is 0 Å². The standard InChI is InChI=1S/C18H25GeN/c1-13(2)15-7-9-16(10-8-15)18-11-14(3)17(12-20-18)19(4,5)6/h7-13H,1-6H3/i13D. The molecule has 1 nitrogen and oxygen atoms in total. The predicted octanol–water partition coefficient (Wildman–Crippen LogP) is 4.73. The van der Waals surface area contributed by atoms with E-state index < -0.39 is 19.2 Å². The summed E-state index contributed by atoms with van der Waals surface area (Å²) in [6.45, 7) is 6.02. The predicted molar refractivity (Wildman–Crippen MR) is 91.5 cm³/mol. The summed E-state index contributed by atoms with van der Waals surface area (Å²) in [5.41, 5.74) is 4.54. The van der Waals surface area contributed by atoms with Crippen molar-refractivity contribution in [2.45, 2.75) is 43.9 Å². The minimum atomic E-state index is -1.83. The van der Waals surface area contributed by atoms with E-state index in [0.29, 0.717) is 0 Å². The van der Waals surface area contributed by atoms with E-state index in [1.807, 2.05) is 26.0 Å². The summed E-state index contributed by atoms with van der Waals surface area (Å²) in [4.78, 5) is 4.67. The molecule has 0 spiro atoms. The van der Waals surface area contributed by atoms with Gasteiger partial charge in [-0.2, -0.15) is 0 Å². The second kappa shape index (κ2) is 5.73. The SMILES string of the molecule is [2H]C(C)(C)c1ccc(-c2cc(C)[c]([Ge]([CH3])([CH3])[CH3])cn2)cc1. The van der Waals surface area contributed by atoms with Crippen molar-refractivity contribution in [2.75, 3.05) is 0 Å². The van der Waals surface area contributed by atoms with Crippen LogP contribution in [0.25, 0.3) is 11.3 Å². The molecule has 0 radical (unpaired) electrons. The molecule has 0 fully saturated rings. The first-order valence-electron chi connectivity index (χ1n) is 7.67. The van der Waals surface area contributed by atoms with Crippen molar-refractivity contribution in [2.24, 2.45) is 0 Å². The quantitative estimate of drug-likeness (QED) is 0.742. The fourth-order valence-corrected chi connectivity index (χ4v) is 6.05. The first-order valence-corrected chi connectivity index (χ1v) is 14.5. The van der Waals surface area contributed by atoms with E-state index in [2.05, 4.69) is 53.6 Å². The Balaban J connectivity index is 2.37. The number of nitrogens with zero attached hydrogens (tertiary/aromatic N) is 1. The Morgan fingerprint density at radius 3 is 2.15 bits per heavy atom. The fourth-order valence-electron chi connectivity index (χ4n) is 2.47. The van der Waals surface area contributed by atoms with E-state index in [4.69, 9.17) is 1.37 Å². The molecule has 1 aromatic carbocycles. The summed E-state index contributed by atoms with van der Waals surface area (Å²) >= 11 is -1.83. The number of hydrogen-bond donors (Lipinski definition) is 0. The summed E-state index contributed by atoms with van der Waals surface area (Å²) in [5, 5.41) is 0. The number of aryl methyl sites for hydroxylation is 1. The van der Waals surface area contributed by atoms with Gasteiger partial charge < -0.3 is 0 Å². The van der Waals surface area contributed by atoms with Crippen LogP contribution in [-0.4, -0.2) is 18.3 Å². The van der Waals surface area contributed by atoms with Crippen molar-refractivity contribution in [3.8, 4) is 11.3 Å². The molecular weight excluding hydrogens is 303 g/mol. The molecule has 2 heteroatoms. The Morgan fingerprint density at radius 2 is 1.70 bits per heavy atom. The van der Waals surface area contributed by atoms with Gasteiger partial charge in [0, 0.05) is 0 Å². The van der Waals surface area contributed by atoms with Crippen LogP contribution in [0, 0.1) is 6.92 Å². The molecule has 0 bridgehead atoms. The van der Waals surface area contributed by atoms with Crippen LogP contribution in [0.5, 0.6) is 0 Å². The summed E-state index contributed by atoms with van der Waals surface area (Å²) in [6, 6.07) is 10.4. The van der Waals surface area contributed by atoms with E-state index in [9.17, 15) is 0 Å². The van der Waals surface area contributed by atoms with Gasteiger partial charge in [-0.05, 0) is 0 Å². The fraction of sp³-hybridized carbons (Fsp3) is 0.389. The Hall–Kier alpha value is -1.09. The van der Waals surface area contributed by atoms with Gasteiger partial charge >= 0.3 is 127 Å². The number of hydrogen-bond acceptors (Lipinski definition) is 1. The normalized spacial score (nSPS) is 13.2. The van der Waals surface area contributed by atoms with Crippen LogP contribution in [0.4, 0.5) is 0 Å². The molecule has 1 aromatic heterocycles. The van der Waals surface area contributed by atoms with Crippen LogP contribution < -0.4 is 4.40 Å². The molecule has 106 valence electrons. The molecule has 0 aliphatic carbocycles. The Morgan fingerprint density at radius 1 is 1.10 bits per heavy atom. The van der Waals surface area contributed by atoms with Gasteiger partial charge in [0.25, 0.3) is 0 Å². The van der Waals surface area contributed by atoms with Crippen molar-refractivity contribution >= 4 is 17.7 Å². The molecule has 20 heavy (non-hydrogen) atoms. The van der Waals surface area contributed by atoms with Crippen molar-refractivity contribution < 1.29 is 1.37 Å². The summed E-state index contributed by atoms with van der Waals surface area (Å²) in [5.74, 6) is 6.64. The van der Waals surface area contributed by atoms with Crippen molar-refractivity contribution in [3.05, 3.63) is 47.7 Å². The van der Waals surface area contributed by atoms with Gasteiger partial charge in [0.15, 0.2) is 0 Å². The molecule has 0 saturated heterocycles. The molecule has 0 aliphatic heterocycles. The Bertz CT molecular complexity index is 634. The third-order valence-corrected chi connectivity index (χ3v) is 8.17. The number of rotatable bonds is 3. The molecule has 2 aromatic rings. The molecule has 0 unspecified atom stereocenters. The third-order valence-electron chi connectivity index (χ3n) is 3.68. The number of aromatic nitrogens is 1. The van der Waals surface area contributed by atoms with Crippen LogP contribution in [-0.2, 0) is 0 Å². The zero-order valence-corrected chi connectivity index (χ0v) is 15.5. The molecule has 0 saturated carbocycles. The van der Waals surface area contributed by atoms with E-state index >= 15 is 0 Å². The van der Waals surface area contributed by atoms with E-state index in [1.54, 1.807) is 0 Å². The van der Waals surface area contributed by atoms with Gasteiger partial charge in [-0.15, -0.1) is 0 Å². The Labute approximate surface area is 127 Å². The van der Waals surface area contributed by atoms with Gasteiger partial charge in [0.2, 0.25) is 0 Å². The first kappa shape index (κ1) is 13.9. The monoisotopic (exact) mass is 330 g/mol. The molecule has 1 heterocycles. The minimum absolute atomic E-state index is 0.550. The van der Waals surface area contributed by atoms with Crippen LogP contribution in [0.2, 0.25) is 17.3 Å². The van der Waals surface area contributed by atoms with Crippen molar-refractivity contribution in [1.82, 2.24) is 4.98 Å². The maximum absolute atomic E-state index is 8.07. The van der Waals surface area contributed by atoms with Crippen LogP contribution in [0.3, 0.4) is 0 Å². The van der Waals surface area contributed by atoms with E-state index in [-0.39, 0.29) is 0 Å². The maximum atomic E-state index is 8.07. The zero-order valence-electron chi connectivity index (χ0n) is 14.4. The summed E-state index contributed by atoms with van der Waals surface area (Å²) in [6.07, 6.45) is 2.08. The van der Waals surface area contributed by atoms with Gasteiger partial charge in [0.05, 0.1) is 0 Å². The molecular formula is C18H25GeN. The van der Waals surface area contributed by atoms with E-state index in [0.717, 1.165) is 16.8 Å². The average molecular weight is 329 g/mol. The van der Waals surface area contributed by atoms with Gasteiger partial charge in [0.1, 0.15) is 0 Å². The average Bonchev–Trinajstić information content (AvgIpc) is 2.36. The van der Waals surface area contributed by atoms with Gasteiger partial charge in [-0.25, -0.2) is 0 Å². The topological polar surface area (TPSA) is 12.9 Å². The first-order chi connectivity index (χ1) is 9.59. The molecule has 2 rings (SSSR count). The number of benzene rings is 1. The third kappa shape index (κ3) is 3.32. The molecule has 0 atom stereocenters. The van der Waals surface area contributed by atoms with Crippen LogP contribution in [0.15, 0.2) is 36.5 Å². The number of pyridine rings is 1. The molecule has 0 amide bonds.